The Labute approximate surface area is 99.8 Å². The van der Waals surface area contributed by atoms with Gasteiger partial charge in [-0.1, -0.05) is 6.92 Å². The maximum absolute atomic E-state index is 12.8. The highest BCUT2D eigenvalue weighted by atomic mass is 19.3. The average molecular weight is 250 g/mol. The maximum atomic E-state index is 12.8. The predicted molar refractivity (Wildman–Crippen MR) is 59.9 cm³/mol. The number of halogens is 2. The van der Waals surface area contributed by atoms with Crippen LogP contribution in [0, 0.1) is 5.41 Å². The SMILES string of the molecule is CCC1(C(=O)NCC(F)(F)CO)CCCNC1. The number of hydrogen-bond donors (Lipinski definition) is 3. The minimum atomic E-state index is -3.24. The summed E-state index contributed by atoms with van der Waals surface area (Å²) < 4.78 is 25.7. The van der Waals surface area contributed by atoms with Gasteiger partial charge in [-0.2, -0.15) is 0 Å². The highest BCUT2D eigenvalue weighted by Crippen LogP contribution is 2.30. The standard InChI is InChI=1S/C11H20F2N2O2/c1-2-10(4-3-5-14-6-10)9(17)15-7-11(12,13)8-16/h14,16H,2-8H2,1H3,(H,15,17). The molecule has 3 N–H and O–H groups in total. The number of aliphatic hydroxyl groups is 1. The van der Waals surface area contributed by atoms with Crippen molar-refractivity contribution >= 4 is 5.91 Å². The van der Waals surface area contributed by atoms with Gasteiger partial charge in [-0.3, -0.25) is 4.79 Å². The zero-order chi connectivity index (χ0) is 12.9. The zero-order valence-corrected chi connectivity index (χ0v) is 10.1. The van der Waals surface area contributed by atoms with Crippen molar-refractivity contribution in [3.05, 3.63) is 0 Å². The number of nitrogens with one attached hydrogen (secondary N) is 2. The molecule has 1 fully saturated rings. The van der Waals surface area contributed by atoms with E-state index in [0.29, 0.717) is 19.4 Å². The minimum Gasteiger partial charge on any atom is -0.390 e. The summed E-state index contributed by atoms with van der Waals surface area (Å²) in [6.07, 6.45) is 2.21. The van der Waals surface area contributed by atoms with E-state index < -0.39 is 24.5 Å². The van der Waals surface area contributed by atoms with Gasteiger partial charge in [-0.15, -0.1) is 0 Å². The summed E-state index contributed by atoms with van der Waals surface area (Å²) in [4.78, 5) is 11.9. The molecule has 100 valence electrons. The fourth-order valence-corrected chi connectivity index (χ4v) is 2.08. The summed E-state index contributed by atoms with van der Waals surface area (Å²) >= 11 is 0. The van der Waals surface area contributed by atoms with Crippen molar-refractivity contribution in [3.63, 3.8) is 0 Å². The summed E-state index contributed by atoms with van der Waals surface area (Å²) in [6, 6.07) is 0. The van der Waals surface area contributed by atoms with Crippen LogP contribution >= 0.6 is 0 Å². The molecule has 0 radical (unpaired) electrons. The molecular formula is C11H20F2N2O2. The Morgan fingerprint density at radius 1 is 1.59 bits per heavy atom. The lowest BCUT2D eigenvalue weighted by molar-refractivity contribution is -0.135. The molecule has 1 amide bonds. The van der Waals surface area contributed by atoms with Crippen LogP contribution in [0.5, 0.6) is 0 Å². The Kier molecular flexibility index (Phi) is 4.82. The van der Waals surface area contributed by atoms with Crippen LogP contribution in [0.15, 0.2) is 0 Å². The molecule has 0 bridgehead atoms. The molecule has 1 heterocycles. The first-order valence-electron chi connectivity index (χ1n) is 5.93. The van der Waals surface area contributed by atoms with Crippen LogP contribution in [0.3, 0.4) is 0 Å². The van der Waals surface area contributed by atoms with Crippen LogP contribution in [-0.2, 0) is 4.79 Å². The van der Waals surface area contributed by atoms with Crippen molar-refractivity contribution < 1.29 is 18.7 Å². The first-order chi connectivity index (χ1) is 7.96. The van der Waals surface area contributed by atoms with Crippen LogP contribution in [0.2, 0.25) is 0 Å². The van der Waals surface area contributed by atoms with E-state index in [1.54, 1.807) is 0 Å². The number of piperidine rings is 1. The van der Waals surface area contributed by atoms with Gasteiger partial charge in [-0.05, 0) is 25.8 Å². The molecule has 1 atom stereocenters. The van der Waals surface area contributed by atoms with Crippen LogP contribution in [0.4, 0.5) is 8.78 Å². The van der Waals surface area contributed by atoms with Crippen molar-refractivity contribution in [2.45, 2.75) is 32.1 Å². The first kappa shape index (κ1) is 14.3. The lowest BCUT2D eigenvalue weighted by Gasteiger charge is -2.35. The van der Waals surface area contributed by atoms with Crippen molar-refractivity contribution in [1.29, 1.82) is 0 Å². The summed E-state index contributed by atoms with van der Waals surface area (Å²) in [6.45, 7) is 1.23. The number of carbonyl (C=O) groups excluding carboxylic acids is 1. The molecule has 0 aliphatic carbocycles. The maximum Gasteiger partial charge on any atom is 0.287 e. The fourth-order valence-electron chi connectivity index (χ4n) is 2.08. The van der Waals surface area contributed by atoms with Crippen molar-refractivity contribution in [2.75, 3.05) is 26.2 Å². The van der Waals surface area contributed by atoms with Crippen molar-refractivity contribution in [3.8, 4) is 0 Å². The lowest BCUT2D eigenvalue weighted by Crippen LogP contribution is -2.52. The second-order valence-electron chi connectivity index (χ2n) is 4.61. The van der Waals surface area contributed by atoms with E-state index in [0.717, 1.165) is 13.0 Å². The summed E-state index contributed by atoms with van der Waals surface area (Å²) in [5.74, 6) is -3.59. The molecular weight excluding hydrogens is 230 g/mol. The number of carbonyl (C=O) groups is 1. The highest BCUT2D eigenvalue weighted by Gasteiger charge is 2.39. The van der Waals surface area contributed by atoms with E-state index in [9.17, 15) is 13.6 Å². The normalized spacial score (nSPS) is 25.6. The second-order valence-corrected chi connectivity index (χ2v) is 4.61. The van der Waals surface area contributed by atoms with Gasteiger partial charge in [0, 0.05) is 6.54 Å². The third-order valence-electron chi connectivity index (χ3n) is 3.37. The summed E-state index contributed by atoms with van der Waals surface area (Å²) in [5, 5.41) is 13.8. The van der Waals surface area contributed by atoms with E-state index in [1.807, 2.05) is 6.92 Å². The molecule has 0 saturated carbocycles. The number of hydrogen-bond acceptors (Lipinski definition) is 3. The van der Waals surface area contributed by atoms with E-state index in [4.69, 9.17) is 5.11 Å². The molecule has 6 heteroatoms. The first-order valence-corrected chi connectivity index (χ1v) is 5.93. The van der Waals surface area contributed by atoms with Gasteiger partial charge in [0.15, 0.2) is 0 Å². The molecule has 1 rings (SSSR count). The molecule has 1 unspecified atom stereocenters. The Balaban J connectivity index is 2.55. The molecule has 4 nitrogen and oxygen atoms in total. The zero-order valence-electron chi connectivity index (χ0n) is 10.1. The fraction of sp³-hybridized carbons (Fsp3) is 0.909. The predicted octanol–water partition coefficient (Wildman–Crippen LogP) is 0.510. The van der Waals surface area contributed by atoms with Crippen molar-refractivity contribution in [2.24, 2.45) is 5.41 Å². The number of rotatable bonds is 5. The Bertz CT molecular complexity index is 266. The lowest BCUT2D eigenvalue weighted by atomic mass is 9.77. The van der Waals surface area contributed by atoms with E-state index >= 15 is 0 Å². The molecule has 1 aliphatic heterocycles. The van der Waals surface area contributed by atoms with Crippen LogP contribution in [0.1, 0.15) is 26.2 Å². The average Bonchev–Trinajstić information content (AvgIpc) is 2.37. The summed E-state index contributed by atoms with van der Waals surface area (Å²) in [5.41, 5.74) is -0.580. The van der Waals surface area contributed by atoms with Gasteiger partial charge >= 0.3 is 0 Å². The Morgan fingerprint density at radius 3 is 2.76 bits per heavy atom. The van der Waals surface area contributed by atoms with Gasteiger partial charge in [0.05, 0.1) is 12.0 Å². The van der Waals surface area contributed by atoms with Crippen LogP contribution < -0.4 is 10.6 Å². The monoisotopic (exact) mass is 250 g/mol. The quantitative estimate of drug-likeness (QED) is 0.666. The largest absolute Gasteiger partial charge is 0.390 e. The molecule has 0 aromatic rings. The molecule has 0 aromatic carbocycles. The van der Waals surface area contributed by atoms with E-state index in [-0.39, 0.29) is 5.91 Å². The Hall–Kier alpha value is -0.750. The highest BCUT2D eigenvalue weighted by molar-refractivity contribution is 5.83. The van der Waals surface area contributed by atoms with E-state index in [2.05, 4.69) is 10.6 Å². The minimum absolute atomic E-state index is 0.347. The van der Waals surface area contributed by atoms with Gasteiger partial charge in [0.1, 0.15) is 6.61 Å². The van der Waals surface area contributed by atoms with Gasteiger partial charge in [-0.25, -0.2) is 8.78 Å². The molecule has 1 aliphatic rings. The molecule has 17 heavy (non-hydrogen) atoms. The van der Waals surface area contributed by atoms with E-state index in [1.165, 1.54) is 0 Å². The van der Waals surface area contributed by atoms with Gasteiger partial charge in [0.25, 0.3) is 5.92 Å². The molecule has 1 saturated heterocycles. The molecule has 0 aromatic heterocycles. The number of alkyl halides is 2. The van der Waals surface area contributed by atoms with Crippen LogP contribution in [0.25, 0.3) is 0 Å². The van der Waals surface area contributed by atoms with Crippen LogP contribution in [-0.4, -0.2) is 43.2 Å². The smallest absolute Gasteiger partial charge is 0.287 e. The third kappa shape index (κ3) is 3.61. The van der Waals surface area contributed by atoms with Crippen molar-refractivity contribution in [1.82, 2.24) is 10.6 Å². The molecule has 0 spiro atoms. The topological polar surface area (TPSA) is 61.4 Å². The number of amides is 1. The number of aliphatic hydroxyl groups excluding tert-OH is 1. The van der Waals surface area contributed by atoms with Gasteiger partial charge in [0.2, 0.25) is 5.91 Å². The summed E-state index contributed by atoms with van der Waals surface area (Å²) in [7, 11) is 0. The third-order valence-corrected chi connectivity index (χ3v) is 3.37. The Morgan fingerprint density at radius 2 is 2.29 bits per heavy atom. The van der Waals surface area contributed by atoms with Gasteiger partial charge < -0.3 is 15.7 Å². The second kappa shape index (κ2) is 5.73.